The number of rotatable bonds is 4. The molecule has 0 radical (unpaired) electrons. The minimum Gasteiger partial charge on any atom is -0.760 e. The number of phenols is 1. The minimum atomic E-state index is -2.44. The van der Waals surface area contributed by atoms with E-state index in [0.29, 0.717) is 0 Å². The summed E-state index contributed by atoms with van der Waals surface area (Å²) in [5, 5.41) is 21.0. The summed E-state index contributed by atoms with van der Waals surface area (Å²) in [6, 6.07) is 6.16. The largest absolute Gasteiger partial charge is 1.00 e. The van der Waals surface area contributed by atoms with Crippen molar-refractivity contribution in [1.29, 1.82) is 0 Å². The third-order valence-electron chi connectivity index (χ3n) is 1.69. The average molecular weight is 252 g/mol. The Morgan fingerprint density at radius 2 is 2.12 bits per heavy atom. The molecule has 1 unspecified atom stereocenters. The van der Waals surface area contributed by atoms with Gasteiger partial charge >= 0.3 is 29.6 Å². The van der Waals surface area contributed by atoms with Crippen molar-refractivity contribution in [3.63, 3.8) is 0 Å². The molecule has 1 aromatic carbocycles. The van der Waals surface area contributed by atoms with Crippen molar-refractivity contribution in [2.45, 2.75) is 0 Å². The number of nitrogens with one attached hydrogen (secondary N) is 1. The Labute approximate surface area is 117 Å². The number of nitrogens with zero attached hydrogens (tertiary/aromatic N) is 1. The fourth-order valence-corrected chi connectivity index (χ4v) is 1.28. The van der Waals surface area contributed by atoms with E-state index in [9.17, 15) is 13.9 Å². The first-order valence-electron chi connectivity index (χ1n) is 3.97. The molecular weight excluding hydrogens is 243 g/mol. The van der Waals surface area contributed by atoms with Crippen molar-refractivity contribution in [3.05, 3.63) is 29.8 Å². The van der Waals surface area contributed by atoms with Crippen LogP contribution in [0.3, 0.4) is 0 Å². The van der Waals surface area contributed by atoms with E-state index >= 15 is 0 Å². The van der Waals surface area contributed by atoms with Gasteiger partial charge in [-0.3, -0.25) is 4.21 Å². The molecule has 1 atom stereocenters. The first kappa shape index (κ1) is 15.6. The maximum Gasteiger partial charge on any atom is 1.00 e. The van der Waals surface area contributed by atoms with Crippen molar-refractivity contribution < 1.29 is 48.6 Å². The molecule has 1 rings (SSSR count). The normalized spacial score (nSPS) is 12.9. The predicted molar refractivity (Wildman–Crippen MR) is 53.4 cm³/mol. The van der Waals surface area contributed by atoms with Crippen LogP contribution >= 0.6 is 0 Å². The molecule has 0 spiro atoms. The third kappa shape index (κ3) is 4.60. The van der Waals surface area contributed by atoms with Crippen LogP contribution in [-0.4, -0.2) is 31.3 Å². The smallest absolute Gasteiger partial charge is 0.760 e. The second-order valence-corrected chi connectivity index (χ2v) is 3.38. The molecule has 0 heterocycles. The molecule has 16 heavy (non-hydrogen) atoms. The number of hydrogen-bond acceptors (Lipinski definition) is 5. The zero-order valence-electron chi connectivity index (χ0n) is 8.58. The van der Waals surface area contributed by atoms with Gasteiger partial charge < -0.3 is 14.9 Å². The molecule has 0 saturated carbocycles. The predicted octanol–water partition coefficient (Wildman–Crippen LogP) is -3.04. The summed E-state index contributed by atoms with van der Waals surface area (Å²) in [6.07, 6.45) is 0. The molecule has 3 N–H and O–H groups in total. The summed E-state index contributed by atoms with van der Waals surface area (Å²) in [5.74, 6) is -0.0798. The number of hydrogen-bond donors (Lipinski definition) is 3. The Morgan fingerprint density at radius 1 is 1.50 bits per heavy atom. The molecule has 0 aromatic heterocycles. The van der Waals surface area contributed by atoms with Gasteiger partial charge in [0, 0.05) is 16.8 Å². The first-order valence-corrected chi connectivity index (χ1v) is 5.04. The maximum absolute atomic E-state index is 10.2. The monoisotopic (exact) mass is 252 g/mol. The van der Waals surface area contributed by atoms with Crippen LogP contribution in [0.2, 0.25) is 0 Å². The molecule has 0 bridgehead atoms. The van der Waals surface area contributed by atoms with Gasteiger partial charge in [0.05, 0.1) is 6.54 Å². The van der Waals surface area contributed by atoms with E-state index in [4.69, 9.17) is 5.21 Å². The van der Waals surface area contributed by atoms with Gasteiger partial charge in [-0.1, -0.05) is 17.3 Å². The molecule has 0 aliphatic rings. The molecule has 6 nitrogen and oxygen atoms in total. The van der Waals surface area contributed by atoms with Crippen LogP contribution < -0.4 is 34.3 Å². The van der Waals surface area contributed by atoms with E-state index in [1.165, 1.54) is 12.1 Å². The van der Waals surface area contributed by atoms with Crippen LogP contribution in [0.1, 0.15) is 5.56 Å². The van der Waals surface area contributed by atoms with Gasteiger partial charge in [-0.15, -0.1) is 0 Å². The summed E-state index contributed by atoms with van der Waals surface area (Å²) < 4.78 is 22.5. The van der Waals surface area contributed by atoms with Crippen molar-refractivity contribution in [2.75, 3.05) is 6.54 Å². The van der Waals surface area contributed by atoms with E-state index in [-0.39, 0.29) is 53.1 Å². The van der Waals surface area contributed by atoms with E-state index in [1.807, 2.05) is 4.72 Å². The minimum absolute atomic E-state index is 0. The van der Waals surface area contributed by atoms with Crippen molar-refractivity contribution in [3.8, 4) is 5.75 Å². The number of para-hydroxylation sites is 1. The van der Waals surface area contributed by atoms with Crippen LogP contribution in [0, 0.1) is 0 Å². The van der Waals surface area contributed by atoms with Crippen LogP contribution in [0.15, 0.2) is 29.4 Å². The van der Waals surface area contributed by atoms with E-state index in [1.54, 1.807) is 12.1 Å². The van der Waals surface area contributed by atoms with Gasteiger partial charge in [-0.25, -0.2) is 4.72 Å². The second-order valence-electron chi connectivity index (χ2n) is 2.62. The fraction of sp³-hybridized carbons (Fsp3) is 0.125. The second kappa shape index (κ2) is 7.77. The fourth-order valence-electron chi connectivity index (χ4n) is 1.03. The van der Waals surface area contributed by atoms with Gasteiger partial charge in [0.25, 0.3) is 0 Å². The van der Waals surface area contributed by atoms with E-state index < -0.39 is 11.3 Å². The maximum atomic E-state index is 10.2. The topological polar surface area (TPSA) is 105 Å². The summed E-state index contributed by atoms with van der Waals surface area (Å²) >= 11 is -2.44. The standard InChI is InChI=1S/C8H10N2O4S.Na/c11-8-4-2-1-3-6(8)7(10-12)5-9-15(13)14;/h1-4,9,11-12H,5H2,(H,13,14);/q;+1/p-1/b10-7-;. The molecule has 0 aliphatic carbocycles. The first-order chi connectivity index (χ1) is 7.15. The molecular formula is C8H9N2NaO4S. The van der Waals surface area contributed by atoms with Gasteiger partial charge in [-0.2, -0.15) is 0 Å². The summed E-state index contributed by atoms with van der Waals surface area (Å²) in [7, 11) is 0. The number of oxime groups is 1. The zero-order valence-corrected chi connectivity index (χ0v) is 11.4. The van der Waals surface area contributed by atoms with Gasteiger partial charge in [0.2, 0.25) is 0 Å². The molecule has 0 aliphatic heterocycles. The van der Waals surface area contributed by atoms with Crippen LogP contribution in [0.4, 0.5) is 0 Å². The summed E-state index contributed by atoms with van der Waals surface area (Å²) in [4.78, 5) is 0. The van der Waals surface area contributed by atoms with Gasteiger partial charge in [0.15, 0.2) is 0 Å². The Bertz CT molecular complexity index is 399. The third-order valence-corrected chi connectivity index (χ3v) is 2.07. The molecule has 8 heteroatoms. The number of aromatic hydroxyl groups is 1. The quantitative estimate of drug-likeness (QED) is 0.174. The van der Waals surface area contributed by atoms with Crippen molar-refractivity contribution in [1.82, 2.24) is 4.72 Å². The van der Waals surface area contributed by atoms with E-state index in [0.717, 1.165) is 0 Å². The van der Waals surface area contributed by atoms with Gasteiger partial charge in [-0.05, 0) is 12.1 Å². The number of phenolic OH excluding ortho intramolecular Hbond substituents is 1. The average Bonchev–Trinajstić information content (AvgIpc) is 2.21. The SMILES string of the molecule is O=S([O-])NC/C(=N/O)c1ccccc1O.[Na+]. The molecule has 0 amide bonds. The molecule has 1 aromatic rings. The molecule has 82 valence electrons. The number of benzene rings is 1. The van der Waals surface area contributed by atoms with Crippen LogP contribution in [-0.2, 0) is 11.3 Å². The zero-order chi connectivity index (χ0) is 11.3. The molecule has 0 fully saturated rings. The van der Waals surface area contributed by atoms with Crippen LogP contribution in [0.25, 0.3) is 0 Å². The molecule has 0 saturated heterocycles. The van der Waals surface area contributed by atoms with Crippen molar-refractivity contribution in [2.24, 2.45) is 5.16 Å². The Morgan fingerprint density at radius 3 is 2.62 bits per heavy atom. The summed E-state index contributed by atoms with van der Waals surface area (Å²) in [5.41, 5.74) is 0.315. The van der Waals surface area contributed by atoms with Crippen molar-refractivity contribution >= 4 is 17.0 Å². The summed E-state index contributed by atoms with van der Waals surface area (Å²) in [6.45, 7) is -0.190. The van der Waals surface area contributed by atoms with Gasteiger partial charge in [0.1, 0.15) is 11.5 Å². The Hall–Kier alpha value is -0.440. The Kier molecular flexibility index (Phi) is 7.56. The van der Waals surface area contributed by atoms with E-state index in [2.05, 4.69) is 5.16 Å². The Balaban J connectivity index is 0.00000225. The van der Waals surface area contributed by atoms with Crippen LogP contribution in [0.5, 0.6) is 5.75 Å².